The lowest BCUT2D eigenvalue weighted by Gasteiger charge is -2.21. The maximum atomic E-state index is 5.31. The molecular weight excluding hydrogens is 222 g/mol. The fourth-order valence-corrected chi connectivity index (χ4v) is 3.09. The van der Waals surface area contributed by atoms with Gasteiger partial charge < -0.3 is 9.84 Å². The molecule has 1 aromatic rings. The van der Waals surface area contributed by atoms with Crippen molar-refractivity contribution >= 4 is 11.8 Å². The Hall–Kier alpha value is -0.550. The minimum absolute atomic E-state index is 0.503. The van der Waals surface area contributed by atoms with E-state index in [-0.39, 0.29) is 0 Å². The molecule has 0 aromatic carbocycles. The quantitative estimate of drug-likeness (QED) is 0.865. The van der Waals surface area contributed by atoms with Crippen LogP contribution in [0.2, 0.25) is 0 Å². The molecule has 1 saturated carbocycles. The molecule has 1 N–H and O–H groups in total. The summed E-state index contributed by atoms with van der Waals surface area (Å²) in [7, 11) is 0. The zero-order valence-corrected chi connectivity index (χ0v) is 10.3. The highest BCUT2D eigenvalue weighted by Crippen LogP contribution is 2.45. The highest BCUT2D eigenvalue weighted by molar-refractivity contribution is 7.99. The zero-order valence-electron chi connectivity index (χ0n) is 9.48. The number of nitrogens with one attached hydrogen (secondary N) is 1. The van der Waals surface area contributed by atoms with E-state index >= 15 is 0 Å². The average molecular weight is 239 g/mol. The van der Waals surface area contributed by atoms with Crippen molar-refractivity contribution in [2.24, 2.45) is 5.92 Å². The van der Waals surface area contributed by atoms with Crippen LogP contribution in [0.4, 0.5) is 0 Å². The molecule has 3 rings (SSSR count). The molecule has 3 atom stereocenters. The molecule has 4 nitrogen and oxygen atoms in total. The Kier molecular flexibility index (Phi) is 2.90. The predicted molar refractivity (Wildman–Crippen MR) is 63.6 cm³/mol. The second kappa shape index (κ2) is 4.37. The Bertz CT molecular complexity index is 362. The van der Waals surface area contributed by atoms with E-state index in [1.54, 1.807) is 0 Å². The van der Waals surface area contributed by atoms with Crippen molar-refractivity contribution < 1.29 is 4.52 Å². The van der Waals surface area contributed by atoms with E-state index in [1.165, 1.54) is 12.2 Å². The van der Waals surface area contributed by atoms with E-state index in [0.717, 1.165) is 36.4 Å². The molecule has 1 aliphatic heterocycles. The van der Waals surface area contributed by atoms with Crippen LogP contribution < -0.4 is 5.32 Å². The van der Waals surface area contributed by atoms with Gasteiger partial charge in [0.25, 0.3) is 0 Å². The average Bonchev–Trinajstić information content (AvgIpc) is 2.86. The maximum Gasteiger partial charge on any atom is 0.228 e. The van der Waals surface area contributed by atoms with Gasteiger partial charge in [-0.05, 0) is 12.3 Å². The highest BCUT2D eigenvalue weighted by Gasteiger charge is 2.38. The molecule has 0 bridgehead atoms. The van der Waals surface area contributed by atoms with Crippen molar-refractivity contribution in [3.63, 3.8) is 0 Å². The third-order valence-corrected chi connectivity index (χ3v) is 4.48. The standard InChI is InChI=1S/C11H17N3OS/c1-7-4-9(7)11-13-10(15-14-11)5-8-6-16-3-2-12-8/h7-9,12H,2-6H2,1H3. The van der Waals surface area contributed by atoms with Crippen LogP contribution in [0.5, 0.6) is 0 Å². The number of rotatable bonds is 3. The van der Waals surface area contributed by atoms with Gasteiger partial charge in [0.15, 0.2) is 5.82 Å². The van der Waals surface area contributed by atoms with Gasteiger partial charge in [-0.25, -0.2) is 0 Å². The summed E-state index contributed by atoms with van der Waals surface area (Å²) in [5, 5.41) is 7.56. The molecule has 0 radical (unpaired) electrons. The Labute approximate surface area is 99.6 Å². The van der Waals surface area contributed by atoms with Gasteiger partial charge in [0.1, 0.15) is 0 Å². The van der Waals surface area contributed by atoms with Crippen LogP contribution >= 0.6 is 11.8 Å². The van der Waals surface area contributed by atoms with Gasteiger partial charge in [0.2, 0.25) is 5.89 Å². The molecule has 88 valence electrons. The lowest BCUT2D eigenvalue weighted by molar-refractivity contribution is 0.358. The summed E-state index contributed by atoms with van der Waals surface area (Å²) >= 11 is 2.00. The van der Waals surface area contributed by atoms with Crippen LogP contribution in [0.1, 0.15) is 31.0 Å². The Morgan fingerprint density at radius 2 is 2.44 bits per heavy atom. The van der Waals surface area contributed by atoms with Gasteiger partial charge in [-0.2, -0.15) is 16.7 Å². The van der Waals surface area contributed by atoms with Crippen molar-refractivity contribution in [1.29, 1.82) is 0 Å². The van der Waals surface area contributed by atoms with Crippen LogP contribution in [-0.4, -0.2) is 34.2 Å². The molecule has 1 aliphatic carbocycles. The molecule has 2 heterocycles. The molecule has 1 saturated heterocycles. The third-order valence-electron chi connectivity index (χ3n) is 3.34. The lowest BCUT2D eigenvalue weighted by atomic mass is 10.2. The van der Waals surface area contributed by atoms with Crippen molar-refractivity contribution in [1.82, 2.24) is 15.5 Å². The number of hydrogen-bond acceptors (Lipinski definition) is 5. The molecule has 1 aromatic heterocycles. The summed E-state index contributed by atoms with van der Waals surface area (Å²) in [6.45, 7) is 3.33. The van der Waals surface area contributed by atoms with Gasteiger partial charge in [-0.1, -0.05) is 12.1 Å². The Morgan fingerprint density at radius 3 is 3.12 bits per heavy atom. The van der Waals surface area contributed by atoms with Gasteiger partial charge in [-0.3, -0.25) is 0 Å². The fraction of sp³-hybridized carbons (Fsp3) is 0.818. The van der Waals surface area contributed by atoms with E-state index in [0.29, 0.717) is 12.0 Å². The molecular formula is C11H17N3OS. The Morgan fingerprint density at radius 1 is 1.56 bits per heavy atom. The van der Waals surface area contributed by atoms with Gasteiger partial charge in [0, 0.05) is 36.4 Å². The summed E-state index contributed by atoms with van der Waals surface area (Å²) in [5.41, 5.74) is 0. The van der Waals surface area contributed by atoms with E-state index in [9.17, 15) is 0 Å². The first-order valence-corrected chi connectivity index (χ1v) is 7.12. The molecule has 3 unspecified atom stereocenters. The third kappa shape index (κ3) is 2.25. The van der Waals surface area contributed by atoms with E-state index in [1.807, 2.05) is 11.8 Å². The predicted octanol–water partition coefficient (Wildman–Crippen LogP) is 1.44. The van der Waals surface area contributed by atoms with E-state index < -0.39 is 0 Å². The summed E-state index contributed by atoms with van der Waals surface area (Å²) in [6, 6.07) is 0.503. The van der Waals surface area contributed by atoms with Crippen molar-refractivity contribution in [2.75, 3.05) is 18.1 Å². The minimum Gasteiger partial charge on any atom is -0.339 e. The number of hydrogen-bond donors (Lipinski definition) is 1. The normalized spacial score (nSPS) is 33.9. The van der Waals surface area contributed by atoms with Gasteiger partial charge >= 0.3 is 0 Å². The fourth-order valence-electron chi connectivity index (χ4n) is 2.15. The van der Waals surface area contributed by atoms with Crippen molar-refractivity contribution in [2.45, 2.75) is 31.7 Å². The van der Waals surface area contributed by atoms with Crippen LogP contribution in [-0.2, 0) is 6.42 Å². The smallest absolute Gasteiger partial charge is 0.228 e. The highest BCUT2D eigenvalue weighted by atomic mass is 32.2. The topological polar surface area (TPSA) is 51.0 Å². The van der Waals surface area contributed by atoms with Gasteiger partial charge in [0.05, 0.1) is 0 Å². The minimum atomic E-state index is 0.503. The van der Waals surface area contributed by atoms with Gasteiger partial charge in [-0.15, -0.1) is 0 Å². The molecule has 0 amide bonds. The molecule has 16 heavy (non-hydrogen) atoms. The molecule has 2 aliphatic rings. The summed E-state index contributed by atoms with van der Waals surface area (Å²) in [6.07, 6.45) is 2.09. The second-order valence-corrected chi connectivity index (χ2v) is 5.95. The monoisotopic (exact) mass is 239 g/mol. The molecule has 2 fully saturated rings. The molecule has 0 spiro atoms. The number of aromatic nitrogens is 2. The zero-order chi connectivity index (χ0) is 11.0. The van der Waals surface area contributed by atoms with Crippen LogP contribution in [0, 0.1) is 5.92 Å². The SMILES string of the molecule is CC1CC1c1noc(CC2CSCCN2)n1. The first-order valence-electron chi connectivity index (χ1n) is 5.96. The first kappa shape index (κ1) is 10.6. The van der Waals surface area contributed by atoms with E-state index in [2.05, 4.69) is 22.4 Å². The maximum absolute atomic E-state index is 5.31. The largest absolute Gasteiger partial charge is 0.339 e. The summed E-state index contributed by atoms with van der Waals surface area (Å²) < 4.78 is 5.31. The summed E-state index contributed by atoms with van der Waals surface area (Å²) in [5.74, 6) is 5.39. The number of nitrogens with zero attached hydrogens (tertiary/aromatic N) is 2. The van der Waals surface area contributed by atoms with Crippen molar-refractivity contribution in [3.05, 3.63) is 11.7 Å². The van der Waals surface area contributed by atoms with E-state index in [4.69, 9.17) is 4.52 Å². The second-order valence-electron chi connectivity index (χ2n) is 4.80. The van der Waals surface area contributed by atoms with Crippen LogP contribution in [0.25, 0.3) is 0 Å². The number of thioether (sulfide) groups is 1. The van der Waals surface area contributed by atoms with Crippen LogP contribution in [0.15, 0.2) is 4.52 Å². The molecule has 5 heteroatoms. The van der Waals surface area contributed by atoms with Crippen LogP contribution in [0.3, 0.4) is 0 Å². The first-order chi connectivity index (χ1) is 7.83. The van der Waals surface area contributed by atoms with Crippen molar-refractivity contribution in [3.8, 4) is 0 Å². The lowest BCUT2D eigenvalue weighted by Crippen LogP contribution is -2.38. The summed E-state index contributed by atoms with van der Waals surface area (Å²) in [4.78, 5) is 4.49. The Balaban J connectivity index is 1.59.